The van der Waals surface area contributed by atoms with Gasteiger partial charge in [0.2, 0.25) is 11.8 Å². The predicted molar refractivity (Wildman–Crippen MR) is 89.4 cm³/mol. The molecular formula is C18H26N2O3. The fraction of sp³-hybridized carbons (Fsp3) is 0.556. The first-order valence-corrected chi connectivity index (χ1v) is 8.33. The summed E-state index contributed by atoms with van der Waals surface area (Å²) < 4.78 is 5.32. The van der Waals surface area contributed by atoms with Crippen LogP contribution in [0.15, 0.2) is 24.3 Å². The zero-order chi connectivity index (χ0) is 16.7. The van der Waals surface area contributed by atoms with E-state index < -0.39 is 0 Å². The number of piperazine rings is 1. The normalized spacial score (nSPS) is 14.7. The number of aryl methyl sites for hydroxylation is 1. The summed E-state index contributed by atoms with van der Waals surface area (Å²) in [6, 6.07) is 7.79. The summed E-state index contributed by atoms with van der Waals surface area (Å²) in [5.41, 5.74) is 1.06. The Hall–Kier alpha value is -2.04. The highest BCUT2D eigenvalue weighted by Crippen LogP contribution is 2.19. The molecule has 2 amide bonds. The number of hydrogen-bond donors (Lipinski definition) is 0. The van der Waals surface area contributed by atoms with Gasteiger partial charge in [-0.15, -0.1) is 0 Å². The summed E-state index contributed by atoms with van der Waals surface area (Å²) in [7, 11) is 1.65. The molecule has 0 atom stereocenters. The van der Waals surface area contributed by atoms with Crippen LogP contribution >= 0.6 is 0 Å². The van der Waals surface area contributed by atoms with Crippen molar-refractivity contribution in [1.29, 1.82) is 0 Å². The average Bonchev–Trinajstić information content (AvgIpc) is 2.60. The molecule has 0 aromatic heterocycles. The Morgan fingerprint density at radius 2 is 1.57 bits per heavy atom. The fourth-order valence-electron chi connectivity index (χ4n) is 2.89. The van der Waals surface area contributed by atoms with Crippen LogP contribution in [0.25, 0.3) is 0 Å². The topological polar surface area (TPSA) is 49.9 Å². The molecule has 1 aromatic carbocycles. The largest absolute Gasteiger partial charge is 0.496 e. The van der Waals surface area contributed by atoms with E-state index in [0.29, 0.717) is 45.4 Å². The molecule has 0 radical (unpaired) electrons. The maximum absolute atomic E-state index is 12.4. The van der Waals surface area contributed by atoms with E-state index in [0.717, 1.165) is 17.7 Å². The van der Waals surface area contributed by atoms with Gasteiger partial charge < -0.3 is 14.5 Å². The number of carbonyl (C=O) groups is 2. The number of carbonyl (C=O) groups excluding carboxylic acids is 2. The molecule has 0 bridgehead atoms. The lowest BCUT2D eigenvalue weighted by atomic mass is 10.1. The van der Waals surface area contributed by atoms with Gasteiger partial charge in [0.25, 0.3) is 0 Å². The molecule has 126 valence electrons. The molecule has 0 saturated carbocycles. The van der Waals surface area contributed by atoms with E-state index in [9.17, 15) is 9.59 Å². The molecule has 0 unspecified atom stereocenters. The van der Waals surface area contributed by atoms with Crippen molar-refractivity contribution in [3.63, 3.8) is 0 Å². The summed E-state index contributed by atoms with van der Waals surface area (Å²) in [5.74, 6) is 1.18. The van der Waals surface area contributed by atoms with E-state index in [1.54, 1.807) is 7.11 Å². The van der Waals surface area contributed by atoms with Crippen LogP contribution in [0.2, 0.25) is 0 Å². The Bertz CT molecular complexity index is 537. The number of methoxy groups -OCH3 is 1. The number of benzene rings is 1. The monoisotopic (exact) mass is 318 g/mol. The lowest BCUT2D eigenvalue weighted by Crippen LogP contribution is -2.50. The van der Waals surface area contributed by atoms with Crippen LogP contribution < -0.4 is 4.74 Å². The lowest BCUT2D eigenvalue weighted by molar-refractivity contribution is -0.139. The summed E-state index contributed by atoms with van der Waals surface area (Å²) in [6.07, 6.45) is 2.62. The van der Waals surface area contributed by atoms with Crippen molar-refractivity contribution < 1.29 is 14.3 Å². The second-order valence-electron chi connectivity index (χ2n) is 5.82. The van der Waals surface area contributed by atoms with Gasteiger partial charge in [0.1, 0.15) is 5.75 Å². The van der Waals surface area contributed by atoms with Crippen LogP contribution in [-0.4, -0.2) is 54.9 Å². The van der Waals surface area contributed by atoms with Gasteiger partial charge in [-0.25, -0.2) is 0 Å². The smallest absolute Gasteiger partial charge is 0.223 e. The van der Waals surface area contributed by atoms with Gasteiger partial charge in [-0.05, 0) is 24.5 Å². The van der Waals surface area contributed by atoms with Crippen LogP contribution in [0.1, 0.15) is 31.7 Å². The molecule has 0 N–H and O–H groups in total. The van der Waals surface area contributed by atoms with Crippen molar-refractivity contribution in [2.45, 2.75) is 32.6 Å². The quantitative estimate of drug-likeness (QED) is 0.807. The Kier molecular flexibility index (Phi) is 6.44. The highest BCUT2D eigenvalue weighted by molar-refractivity contribution is 5.78. The first-order chi connectivity index (χ1) is 11.2. The Morgan fingerprint density at radius 3 is 2.13 bits per heavy atom. The van der Waals surface area contributed by atoms with Gasteiger partial charge in [0.05, 0.1) is 7.11 Å². The van der Waals surface area contributed by atoms with Gasteiger partial charge in [-0.1, -0.05) is 25.1 Å². The maximum Gasteiger partial charge on any atom is 0.223 e. The van der Waals surface area contributed by atoms with Crippen molar-refractivity contribution in [2.24, 2.45) is 0 Å². The third-order valence-corrected chi connectivity index (χ3v) is 4.25. The fourth-order valence-corrected chi connectivity index (χ4v) is 2.89. The molecule has 5 heteroatoms. The Labute approximate surface area is 138 Å². The van der Waals surface area contributed by atoms with Crippen LogP contribution in [0.5, 0.6) is 5.75 Å². The van der Waals surface area contributed by atoms with Gasteiger partial charge >= 0.3 is 0 Å². The van der Waals surface area contributed by atoms with Crippen molar-refractivity contribution in [3.05, 3.63) is 29.8 Å². The van der Waals surface area contributed by atoms with Crippen LogP contribution in [0.4, 0.5) is 0 Å². The van der Waals surface area contributed by atoms with E-state index in [2.05, 4.69) is 0 Å². The third-order valence-electron chi connectivity index (χ3n) is 4.25. The van der Waals surface area contributed by atoms with Crippen LogP contribution in [0, 0.1) is 0 Å². The second-order valence-corrected chi connectivity index (χ2v) is 5.82. The van der Waals surface area contributed by atoms with Gasteiger partial charge in [-0.3, -0.25) is 9.59 Å². The summed E-state index contributed by atoms with van der Waals surface area (Å²) in [4.78, 5) is 28.0. The van der Waals surface area contributed by atoms with Crippen LogP contribution in [0.3, 0.4) is 0 Å². The van der Waals surface area contributed by atoms with Crippen molar-refractivity contribution in [1.82, 2.24) is 9.80 Å². The molecule has 1 fully saturated rings. The lowest BCUT2D eigenvalue weighted by Gasteiger charge is -2.35. The molecule has 0 aliphatic carbocycles. The number of amides is 2. The third kappa shape index (κ3) is 4.71. The van der Waals surface area contributed by atoms with Crippen molar-refractivity contribution >= 4 is 11.8 Å². The van der Waals surface area contributed by atoms with E-state index in [1.807, 2.05) is 41.0 Å². The molecule has 1 aromatic rings. The Balaban J connectivity index is 1.80. The van der Waals surface area contributed by atoms with E-state index >= 15 is 0 Å². The zero-order valence-corrected chi connectivity index (χ0v) is 14.1. The highest BCUT2D eigenvalue weighted by atomic mass is 16.5. The second kappa shape index (κ2) is 8.56. The first-order valence-electron chi connectivity index (χ1n) is 8.33. The zero-order valence-electron chi connectivity index (χ0n) is 14.1. The van der Waals surface area contributed by atoms with Crippen LogP contribution in [-0.2, 0) is 16.0 Å². The summed E-state index contributed by atoms with van der Waals surface area (Å²) in [5, 5.41) is 0. The molecule has 5 nitrogen and oxygen atoms in total. The standard InChI is InChI=1S/C18H26N2O3/c1-3-6-17(21)19-11-13-20(14-12-19)18(22)10-9-15-7-4-5-8-16(15)23-2/h4-5,7-8H,3,6,9-14H2,1-2H3. The molecule has 1 saturated heterocycles. The SMILES string of the molecule is CCCC(=O)N1CCN(C(=O)CCc2ccccc2OC)CC1. The van der Waals surface area contributed by atoms with Crippen molar-refractivity contribution in [2.75, 3.05) is 33.3 Å². The average molecular weight is 318 g/mol. The molecule has 1 aliphatic heterocycles. The van der Waals surface area contributed by atoms with E-state index in [4.69, 9.17) is 4.74 Å². The van der Waals surface area contributed by atoms with Gasteiger partial charge in [0, 0.05) is 39.0 Å². The molecule has 1 heterocycles. The summed E-state index contributed by atoms with van der Waals surface area (Å²) in [6.45, 7) is 4.59. The molecule has 1 aliphatic rings. The number of hydrogen-bond acceptors (Lipinski definition) is 3. The number of nitrogens with zero attached hydrogens (tertiary/aromatic N) is 2. The molecule has 23 heavy (non-hydrogen) atoms. The van der Waals surface area contributed by atoms with Crippen molar-refractivity contribution in [3.8, 4) is 5.75 Å². The van der Waals surface area contributed by atoms with E-state index in [1.165, 1.54) is 0 Å². The highest BCUT2D eigenvalue weighted by Gasteiger charge is 2.23. The number of rotatable bonds is 6. The van der Waals surface area contributed by atoms with E-state index in [-0.39, 0.29) is 11.8 Å². The Morgan fingerprint density at radius 1 is 1.00 bits per heavy atom. The maximum atomic E-state index is 12.4. The molecule has 0 spiro atoms. The summed E-state index contributed by atoms with van der Waals surface area (Å²) >= 11 is 0. The van der Waals surface area contributed by atoms with Gasteiger partial charge in [-0.2, -0.15) is 0 Å². The van der Waals surface area contributed by atoms with Gasteiger partial charge in [0.15, 0.2) is 0 Å². The minimum atomic E-state index is 0.151. The minimum absolute atomic E-state index is 0.151. The predicted octanol–water partition coefficient (Wildman–Crippen LogP) is 2.10. The first kappa shape index (κ1) is 17.3. The number of ether oxygens (including phenoxy) is 1. The molecular weight excluding hydrogens is 292 g/mol. The minimum Gasteiger partial charge on any atom is -0.496 e. The number of para-hydroxylation sites is 1. The molecule has 2 rings (SSSR count).